The Bertz CT molecular complexity index is 231. The topological polar surface area (TPSA) is 46.6 Å². The number of carbonyl (C=O) groups excluding carboxylic acids is 2. The van der Waals surface area contributed by atoms with Gasteiger partial charge in [-0.25, -0.2) is 4.79 Å². The van der Waals surface area contributed by atoms with E-state index in [1.165, 1.54) is 11.9 Å². The molecule has 15 heavy (non-hydrogen) atoms. The van der Waals surface area contributed by atoms with Crippen molar-refractivity contribution in [1.82, 2.24) is 4.90 Å². The minimum atomic E-state index is -0.645. The van der Waals surface area contributed by atoms with Gasteiger partial charge in [-0.05, 0) is 30.9 Å². The van der Waals surface area contributed by atoms with Crippen LogP contribution in [0.3, 0.4) is 0 Å². The zero-order valence-electron chi connectivity index (χ0n) is 9.62. The first-order valence-corrected chi connectivity index (χ1v) is 5.36. The van der Waals surface area contributed by atoms with Crippen LogP contribution < -0.4 is 0 Å². The first-order valence-electron chi connectivity index (χ1n) is 4.99. The van der Waals surface area contributed by atoms with Crippen LogP contribution >= 0.6 is 11.6 Å². The molecular weight excluding hydrogens is 218 g/mol. The minimum Gasteiger partial charge on any atom is -0.464 e. The van der Waals surface area contributed by atoms with Crippen molar-refractivity contribution in [2.45, 2.75) is 33.2 Å². The lowest BCUT2D eigenvalue weighted by molar-refractivity contribution is -0.148. The molecule has 0 aliphatic heterocycles. The molecule has 0 aromatic rings. The van der Waals surface area contributed by atoms with Gasteiger partial charge in [0.05, 0.1) is 6.61 Å². The fourth-order valence-corrected chi connectivity index (χ4v) is 1.34. The third-order valence-electron chi connectivity index (χ3n) is 2.00. The van der Waals surface area contributed by atoms with Gasteiger partial charge in [0, 0.05) is 7.05 Å². The maximum Gasteiger partial charge on any atom is 0.328 e. The third kappa shape index (κ3) is 5.02. The number of hydrogen-bond acceptors (Lipinski definition) is 3. The molecule has 0 aliphatic carbocycles. The number of esters is 1. The molecule has 0 aromatic heterocycles. The first-order chi connectivity index (χ1) is 6.90. The molecule has 0 N–H and O–H groups in total. The fourth-order valence-electron chi connectivity index (χ4n) is 1.22. The number of carbonyl (C=O) groups is 2. The molecule has 0 spiro atoms. The monoisotopic (exact) mass is 235 g/mol. The lowest BCUT2D eigenvalue weighted by Crippen LogP contribution is -2.42. The van der Waals surface area contributed by atoms with Crippen molar-refractivity contribution in [1.29, 1.82) is 0 Å². The van der Waals surface area contributed by atoms with E-state index in [1.807, 2.05) is 13.8 Å². The van der Waals surface area contributed by atoms with Crippen molar-refractivity contribution >= 4 is 22.9 Å². The Kier molecular flexibility index (Phi) is 6.32. The van der Waals surface area contributed by atoms with Gasteiger partial charge in [-0.2, -0.15) is 0 Å². The van der Waals surface area contributed by atoms with Crippen molar-refractivity contribution in [3.05, 3.63) is 0 Å². The van der Waals surface area contributed by atoms with Gasteiger partial charge in [0.1, 0.15) is 6.04 Å². The van der Waals surface area contributed by atoms with Gasteiger partial charge in [0.15, 0.2) is 0 Å². The second kappa shape index (κ2) is 6.67. The summed E-state index contributed by atoms with van der Waals surface area (Å²) in [5.74, 6) is -0.111. The van der Waals surface area contributed by atoms with Crippen LogP contribution in [0.15, 0.2) is 0 Å². The highest BCUT2D eigenvalue weighted by molar-refractivity contribution is 6.62. The summed E-state index contributed by atoms with van der Waals surface area (Å²) < 4.78 is 4.88. The van der Waals surface area contributed by atoms with Crippen molar-refractivity contribution in [2.24, 2.45) is 5.92 Å². The summed E-state index contributed by atoms with van der Waals surface area (Å²) in [6, 6.07) is -0.588. The summed E-state index contributed by atoms with van der Waals surface area (Å²) in [5, 5.41) is -0.645. The maximum atomic E-state index is 11.5. The van der Waals surface area contributed by atoms with Crippen molar-refractivity contribution in [3.8, 4) is 0 Å². The average molecular weight is 236 g/mol. The van der Waals surface area contributed by atoms with Gasteiger partial charge in [0.2, 0.25) is 0 Å². The number of ether oxygens (including phenoxy) is 1. The van der Waals surface area contributed by atoms with Crippen molar-refractivity contribution in [2.75, 3.05) is 13.7 Å². The third-order valence-corrected chi connectivity index (χ3v) is 2.26. The quantitative estimate of drug-likeness (QED) is 0.417. The predicted molar refractivity (Wildman–Crippen MR) is 58.9 cm³/mol. The minimum absolute atomic E-state index is 0.290. The van der Waals surface area contributed by atoms with Gasteiger partial charge < -0.3 is 9.64 Å². The van der Waals surface area contributed by atoms with Crippen LogP contribution in [0.2, 0.25) is 0 Å². The molecule has 4 nitrogen and oxygen atoms in total. The van der Waals surface area contributed by atoms with Gasteiger partial charge >= 0.3 is 11.3 Å². The Morgan fingerprint density at radius 1 is 1.40 bits per heavy atom. The molecule has 0 bridgehead atoms. The summed E-state index contributed by atoms with van der Waals surface area (Å²) in [6.45, 7) is 5.97. The van der Waals surface area contributed by atoms with Crippen LogP contribution in [-0.2, 0) is 9.53 Å². The standard InChI is InChI=1S/C10H18ClNO3/c1-5-15-9(13)8(6-7(2)3)12(4)10(11)14/h7-8H,5-6H2,1-4H3/t8-/m0/s1. The summed E-state index contributed by atoms with van der Waals surface area (Å²) in [6.07, 6.45) is 0.549. The number of rotatable bonds is 5. The molecule has 0 unspecified atom stereocenters. The van der Waals surface area contributed by atoms with E-state index < -0.39 is 17.4 Å². The average Bonchev–Trinajstić information content (AvgIpc) is 2.13. The second-order valence-corrected chi connectivity index (χ2v) is 4.08. The predicted octanol–water partition coefficient (Wildman–Crippen LogP) is 2.25. The molecule has 0 aromatic carbocycles. The summed E-state index contributed by atoms with van der Waals surface area (Å²) >= 11 is 5.33. The lowest BCUT2D eigenvalue weighted by atomic mass is 10.0. The maximum absolute atomic E-state index is 11.5. The van der Waals surface area contributed by atoms with Crippen LogP contribution in [0.4, 0.5) is 4.79 Å². The van der Waals surface area contributed by atoms with Crippen molar-refractivity contribution < 1.29 is 14.3 Å². The molecule has 1 amide bonds. The van der Waals surface area contributed by atoms with Crippen LogP contribution in [-0.4, -0.2) is 35.9 Å². The molecule has 0 aliphatic rings. The Hall–Kier alpha value is -0.770. The zero-order valence-corrected chi connectivity index (χ0v) is 10.4. The lowest BCUT2D eigenvalue weighted by Gasteiger charge is -2.25. The molecule has 0 saturated heterocycles. The number of likely N-dealkylation sites (N-methyl/N-ethyl adjacent to an activating group) is 1. The SMILES string of the molecule is CCOC(=O)[C@H](CC(C)C)N(C)C(=O)Cl. The fraction of sp³-hybridized carbons (Fsp3) is 0.800. The van der Waals surface area contributed by atoms with E-state index >= 15 is 0 Å². The number of hydrogen-bond donors (Lipinski definition) is 0. The zero-order chi connectivity index (χ0) is 12.0. The molecule has 88 valence electrons. The normalized spacial score (nSPS) is 12.4. The van der Waals surface area contributed by atoms with Gasteiger partial charge in [-0.3, -0.25) is 4.79 Å². The van der Waals surface area contributed by atoms with Crippen molar-refractivity contribution in [3.63, 3.8) is 0 Å². The molecule has 0 saturated carbocycles. The smallest absolute Gasteiger partial charge is 0.328 e. The van der Waals surface area contributed by atoms with Crippen LogP contribution in [0.25, 0.3) is 0 Å². The molecule has 0 rings (SSSR count). The van der Waals surface area contributed by atoms with Gasteiger partial charge in [0.25, 0.3) is 0 Å². The number of amides is 1. The molecular formula is C10H18ClNO3. The highest BCUT2D eigenvalue weighted by Gasteiger charge is 2.27. The Morgan fingerprint density at radius 3 is 2.27 bits per heavy atom. The summed E-state index contributed by atoms with van der Waals surface area (Å²) in [5.41, 5.74) is 0. The Morgan fingerprint density at radius 2 is 1.93 bits per heavy atom. The van der Waals surface area contributed by atoms with E-state index in [-0.39, 0.29) is 5.92 Å². The Balaban J connectivity index is 4.56. The number of nitrogens with zero attached hydrogens (tertiary/aromatic N) is 1. The van der Waals surface area contributed by atoms with E-state index in [2.05, 4.69) is 0 Å². The first kappa shape index (κ1) is 14.2. The van der Waals surface area contributed by atoms with Gasteiger partial charge in [-0.15, -0.1) is 0 Å². The molecule has 1 atom stereocenters. The van der Waals surface area contributed by atoms with E-state index in [0.29, 0.717) is 13.0 Å². The molecule has 5 heteroatoms. The summed E-state index contributed by atoms with van der Waals surface area (Å²) in [4.78, 5) is 23.7. The molecule has 0 heterocycles. The number of halogens is 1. The highest BCUT2D eigenvalue weighted by atomic mass is 35.5. The van der Waals surface area contributed by atoms with Crippen LogP contribution in [0.1, 0.15) is 27.2 Å². The Labute approximate surface area is 95.5 Å². The highest BCUT2D eigenvalue weighted by Crippen LogP contribution is 2.13. The van der Waals surface area contributed by atoms with Crippen LogP contribution in [0.5, 0.6) is 0 Å². The van der Waals surface area contributed by atoms with Gasteiger partial charge in [-0.1, -0.05) is 13.8 Å². The van der Waals surface area contributed by atoms with Crippen LogP contribution in [0, 0.1) is 5.92 Å². The van der Waals surface area contributed by atoms with E-state index in [9.17, 15) is 9.59 Å². The summed E-state index contributed by atoms with van der Waals surface area (Å²) in [7, 11) is 1.50. The molecule has 0 radical (unpaired) electrons. The van der Waals surface area contributed by atoms with E-state index in [1.54, 1.807) is 6.92 Å². The molecule has 0 fully saturated rings. The van der Waals surface area contributed by atoms with E-state index in [4.69, 9.17) is 16.3 Å². The van der Waals surface area contributed by atoms with E-state index in [0.717, 1.165) is 0 Å². The largest absolute Gasteiger partial charge is 0.464 e. The second-order valence-electron chi connectivity index (χ2n) is 3.76.